The van der Waals surface area contributed by atoms with Crippen LogP contribution in [0.15, 0.2) is 29.3 Å². The van der Waals surface area contributed by atoms with Gasteiger partial charge in [0.15, 0.2) is 0 Å². The molecule has 0 unspecified atom stereocenters. The molecule has 1 aromatic carbocycles. The molecule has 2 N–H and O–H groups in total. The number of nitrogens with zero attached hydrogens (tertiary/aromatic N) is 2. The van der Waals surface area contributed by atoms with Crippen molar-refractivity contribution in [1.29, 1.82) is 0 Å². The van der Waals surface area contributed by atoms with Crippen molar-refractivity contribution in [2.24, 2.45) is 10.7 Å². The third-order valence-electron chi connectivity index (χ3n) is 2.43. The molecule has 0 saturated carbocycles. The van der Waals surface area contributed by atoms with Gasteiger partial charge in [-0.2, -0.15) is 0 Å². The first-order valence-electron chi connectivity index (χ1n) is 7.64. The molecule has 0 bridgehead atoms. The lowest BCUT2D eigenvalue weighted by molar-refractivity contribution is 0.0145. The molecule has 0 aliphatic carbocycles. The molecule has 1 aromatic rings. The average molecular weight is 461 g/mol. The number of aliphatic imine (C=N–C) groups is 1. The SMILES string of the molecule is CC(C)(C)OC(=O)N(C(=O)OC(C)(C)C)C(N)=Nc1cccc(I)c1. The zero-order valence-electron chi connectivity index (χ0n) is 15.3. The fourth-order valence-electron chi connectivity index (χ4n) is 1.60. The van der Waals surface area contributed by atoms with Gasteiger partial charge in [-0.15, -0.1) is 4.90 Å². The molecule has 7 nitrogen and oxygen atoms in total. The standard InChI is InChI=1S/C17H24IN3O4/c1-16(2,3)24-14(22)21(15(23)25-17(4,5)6)13(19)20-12-9-7-8-11(18)10-12/h7-10H,1-6H3,(H2,19,20). The number of amides is 2. The van der Waals surface area contributed by atoms with Crippen LogP contribution in [-0.4, -0.2) is 34.2 Å². The van der Waals surface area contributed by atoms with Gasteiger partial charge in [0.1, 0.15) is 11.2 Å². The first-order valence-corrected chi connectivity index (χ1v) is 8.72. The van der Waals surface area contributed by atoms with Crippen molar-refractivity contribution in [1.82, 2.24) is 4.90 Å². The van der Waals surface area contributed by atoms with Gasteiger partial charge in [0.25, 0.3) is 0 Å². The van der Waals surface area contributed by atoms with E-state index in [1.165, 1.54) is 0 Å². The highest BCUT2D eigenvalue weighted by Gasteiger charge is 2.34. The molecule has 8 heteroatoms. The van der Waals surface area contributed by atoms with Gasteiger partial charge in [0, 0.05) is 3.57 Å². The first-order chi connectivity index (χ1) is 11.3. The quantitative estimate of drug-likeness (QED) is 0.380. The summed E-state index contributed by atoms with van der Waals surface area (Å²) in [6.45, 7) is 10.1. The summed E-state index contributed by atoms with van der Waals surface area (Å²) >= 11 is 2.13. The Labute approximate surface area is 161 Å². The van der Waals surface area contributed by atoms with Crippen LogP contribution in [0.4, 0.5) is 15.3 Å². The lowest BCUT2D eigenvalue weighted by Crippen LogP contribution is -2.49. The third-order valence-corrected chi connectivity index (χ3v) is 3.10. The number of ether oxygens (including phenoxy) is 2. The molecule has 0 heterocycles. The van der Waals surface area contributed by atoms with Gasteiger partial charge in [-0.05, 0) is 82.3 Å². The summed E-state index contributed by atoms with van der Waals surface area (Å²) in [4.78, 5) is 29.6. The molecule has 25 heavy (non-hydrogen) atoms. The third kappa shape index (κ3) is 7.72. The molecule has 0 aromatic heterocycles. The summed E-state index contributed by atoms with van der Waals surface area (Å²) in [6.07, 6.45) is -1.90. The van der Waals surface area contributed by atoms with E-state index in [1.54, 1.807) is 59.7 Å². The van der Waals surface area contributed by atoms with Gasteiger partial charge < -0.3 is 15.2 Å². The number of benzene rings is 1. The maximum atomic E-state index is 12.4. The van der Waals surface area contributed by atoms with Gasteiger partial charge in [-0.25, -0.2) is 14.6 Å². The molecule has 0 fully saturated rings. The molecule has 138 valence electrons. The monoisotopic (exact) mass is 461 g/mol. The van der Waals surface area contributed by atoms with Crippen LogP contribution in [0.25, 0.3) is 0 Å². The second kappa shape index (κ2) is 8.03. The van der Waals surface area contributed by atoms with Crippen LogP contribution < -0.4 is 5.73 Å². The number of hydrogen-bond acceptors (Lipinski definition) is 5. The molecule has 1 rings (SSSR count). The molecular weight excluding hydrogens is 437 g/mol. The van der Waals surface area contributed by atoms with E-state index in [1.807, 2.05) is 6.07 Å². The minimum Gasteiger partial charge on any atom is -0.443 e. The molecule has 2 amide bonds. The van der Waals surface area contributed by atoms with Gasteiger partial charge in [0.2, 0.25) is 5.96 Å². The second-order valence-corrected chi connectivity index (χ2v) is 8.49. The van der Waals surface area contributed by atoms with Crippen molar-refractivity contribution < 1.29 is 19.1 Å². The first kappa shape index (κ1) is 21.2. The van der Waals surface area contributed by atoms with Gasteiger partial charge >= 0.3 is 12.2 Å². The Balaban J connectivity index is 3.20. The summed E-state index contributed by atoms with van der Waals surface area (Å²) in [5, 5.41) is 0. The maximum absolute atomic E-state index is 12.4. The molecule has 0 radical (unpaired) electrons. The van der Waals surface area contributed by atoms with E-state index < -0.39 is 23.4 Å². The summed E-state index contributed by atoms with van der Waals surface area (Å²) in [5.74, 6) is -0.328. The topological polar surface area (TPSA) is 94.2 Å². The Morgan fingerprint density at radius 2 is 1.52 bits per heavy atom. The minimum absolute atomic E-state index is 0.328. The average Bonchev–Trinajstić information content (AvgIpc) is 2.33. The van der Waals surface area contributed by atoms with Crippen LogP contribution in [0.5, 0.6) is 0 Å². The number of rotatable bonds is 1. The lowest BCUT2D eigenvalue weighted by atomic mass is 10.2. The zero-order valence-corrected chi connectivity index (χ0v) is 17.4. The van der Waals surface area contributed by atoms with Crippen molar-refractivity contribution in [3.8, 4) is 0 Å². The van der Waals surface area contributed by atoms with Crippen molar-refractivity contribution >= 4 is 46.4 Å². The van der Waals surface area contributed by atoms with Crippen LogP contribution in [0, 0.1) is 3.57 Å². The van der Waals surface area contributed by atoms with E-state index in [-0.39, 0.29) is 5.96 Å². The number of carbonyl (C=O) groups excluding carboxylic acids is 2. The lowest BCUT2D eigenvalue weighted by Gasteiger charge is -2.27. The van der Waals surface area contributed by atoms with Crippen molar-refractivity contribution in [3.63, 3.8) is 0 Å². The van der Waals surface area contributed by atoms with Crippen LogP contribution in [-0.2, 0) is 9.47 Å². The molecule has 0 atom stereocenters. The fourth-order valence-corrected chi connectivity index (χ4v) is 2.13. The van der Waals surface area contributed by atoms with Gasteiger partial charge in [-0.1, -0.05) is 6.07 Å². The van der Waals surface area contributed by atoms with E-state index >= 15 is 0 Å². The molecule has 0 spiro atoms. The number of halogens is 1. The Bertz CT molecular complexity index is 647. The van der Waals surface area contributed by atoms with Crippen molar-refractivity contribution in [2.75, 3.05) is 0 Å². The number of imide groups is 1. The Morgan fingerprint density at radius 1 is 1.04 bits per heavy atom. The predicted octanol–water partition coefficient (Wildman–Crippen LogP) is 4.41. The van der Waals surface area contributed by atoms with E-state index in [4.69, 9.17) is 15.2 Å². The molecule has 0 aliphatic rings. The number of nitrogens with two attached hydrogens (primary N) is 1. The van der Waals surface area contributed by atoms with Crippen LogP contribution >= 0.6 is 22.6 Å². The maximum Gasteiger partial charge on any atom is 0.427 e. The highest BCUT2D eigenvalue weighted by Crippen LogP contribution is 2.18. The summed E-state index contributed by atoms with van der Waals surface area (Å²) < 4.78 is 11.4. The number of hydrogen-bond donors (Lipinski definition) is 1. The van der Waals surface area contributed by atoms with E-state index in [9.17, 15) is 9.59 Å². The number of guanidine groups is 1. The molecular formula is C17H24IN3O4. The Morgan fingerprint density at radius 3 is 1.92 bits per heavy atom. The molecule has 0 aliphatic heterocycles. The van der Waals surface area contributed by atoms with Crippen LogP contribution in [0.1, 0.15) is 41.5 Å². The van der Waals surface area contributed by atoms with Crippen molar-refractivity contribution in [2.45, 2.75) is 52.7 Å². The smallest absolute Gasteiger partial charge is 0.427 e. The summed E-state index contributed by atoms with van der Waals surface area (Å²) in [7, 11) is 0. The number of carbonyl (C=O) groups is 2. The van der Waals surface area contributed by atoms with Crippen LogP contribution in [0.2, 0.25) is 0 Å². The molecule has 0 saturated heterocycles. The highest BCUT2D eigenvalue weighted by atomic mass is 127. The zero-order chi connectivity index (χ0) is 19.4. The Hall–Kier alpha value is -1.84. The largest absolute Gasteiger partial charge is 0.443 e. The minimum atomic E-state index is -0.950. The normalized spacial score (nSPS) is 12.5. The van der Waals surface area contributed by atoms with E-state index in [0.29, 0.717) is 10.6 Å². The summed E-state index contributed by atoms with van der Waals surface area (Å²) in [6, 6.07) is 7.14. The second-order valence-electron chi connectivity index (χ2n) is 7.25. The predicted molar refractivity (Wildman–Crippen MR) is 105 cm³/mol. The van der Waals surface area contributed by atoms with E-state index in [2.05, 4.69) is 27.6 Å². The van der Waals surface area contributed by atoms with Crippen molar-refractivity contribution in [3.05, 3.63) is 27.8 Å². The Kier molecular flexibility index (Phi) is 6.81. The van der Waals surface area contributed by atoms with Gasteiger partial charge in [0.05, 0.1) is 5.69 Å². The van der Waals surface area contributed by atoms with Crippen LogP contribution in [0.3, 0.4) is 0 Å². The van der Waals surface area contributed by atoms with Gasteiger partial charge in [-0.3, -0.25) is 0 Å². The summed E-state index contributed by atoms with van der Waals surface area (Å²) in [5.41, 5.74) is 4.80. The fraction of sp³-hybridized carbons (Fsp3) is 0.471. The highest BCUT2D eigenvalue weighted by molar-refractivity contribution is 14.1. The van der Waals surface area contributed by atoms with E-state index in [0.717, 1.165) is 3.57 Å².